The Morgan fingerprint density at radius 2 is 1.33 bits per heavy atom. The Balaban J connectivity index is 1.85. The van der Waals surface area contributed by atoms with Crippen LogP contribution in [-0.4, -0.2) is 12.7 Å². The summed E-state index contributed by atoms with van der Waals surface area (Å²) >= 11 is 3.52. The number of anilines is 3. The highest BCUT2D eigenvalue weighted by atomic mass is 79.9. The van der Waals surface area contributed by atoms with E-state index < -0.39 is 0 Å². The number of rotatable bonds is 5. The van der Waals surface area contributed by atoms with E-state index in [0.29, 0.717) is 5.75 Å². The second-order valence-electron chi connectivity index (χ2n) is 6.09. The molecule has 0 aliphatic carbocycles. The first-order valence-corrected chi connectivity index (χ1v) is 9.43. The molecule has 0 radical (unpaired) electrons. The lowest BCUT2D eigenvalue weighted by Crippen LogP contribution is -2.09. The summed E-state index contributed by atoms with van der Waals surface area (Å²) < 4.78 is 6.07. The van der Waals surface area contributed by atoms with E-state index in [1.807, 2.05) is 48.5 Å². The molecule has 0 aliphatic rings. The standard InChI is InChI=1S/C22H17BBrNO2/c24-21-14-17-13-20(12-11-16(17)15-22(21)27-23-26)25(18-7-3-1-4-8-18)19-9-5-2-6-10-19/h1-15,23,26H. The summed E-state index contributed by atoms with van der Waals surface area (Å²) in [6.45, 7) is 0. The maximum Gasteiger partial charge on any atom is 0.504 e. The van der Waals surface area contributed by atoms with Gasteiger partial charge in [-0.2, -0.15) is 0 Å². The van der Waals surface area contributed by atoms with Gasteiger partial charge in [0.1, 0.15) is 5.75 Å². The predicted octanol–water partition coefficient (Wildman–Crippen LogP) is 5.71. The molecule has 0 heterocycles. The molecule has 0 bridgehead atoms. The summed E-state index contributed by atoms with van der Waals surface area (Å²) in [4.78, 5) is 2.23. The van der Waals surface area contributed by atoms with Crippen LogP contribution in [0.25, 0.3) is 10.8 Å². The molecule has 4 aromatic carbocycles. The van der Waals surface area contributed by atoms with Crippen LogP contribution in [0.4, 0.5) is 17.1 Å². The van der Waals surface area contributed by atoms with Gasteiger partial charge < -0.3 is 14.6 Å². The molecule has 0 fully saturated rings. The summed E-state index contributed by atoms with van der Waals surface area (Å²) in [7, 11) is -0.349. The second-order valence-corrected chi connectivity index (χ2v) is 6.95. The van der Waals surface area contributed by atoms with Gasteiger partial charge in [-0.25, -0.2) is 0 Å². The largest absolute Gasteiger partial charge is 0.538 e. The zero-order valence-electron chi connectivity index (χ0n) is 14.5. The van der Waals surface area contributed by atoms with Gasteiger partial charge in [-0.05, 0) is 75.2 Å². The number of halogens is 1. The monoisotopic (exact) mass is 417 g/mol. The number of benzene rings is 4. The van der Waals surface area contributed by atoms with Crippen molar-refractivity contribution in [1.29, 1.82) is 0 Å². The summed E-state index contributed by atoms with van der Waals surface area (Å²) in [5, 5.41) is 11.2. The van der Waals surface area contributed by atoms with Gasteiger partial charge in [0.05, 0.1) is 4.47 Å². The van der Waals surface area contributed by atoms with Crippen molar-refractivity contribution < 1.29 is 9.68 Å². The van der Waals surface area contributed by atoms with Crippen molar-refractivity contribution in [3.63, 3.8) is 0 Å². The fourth-order valence-corrected chi connectivity index (χ4v) is 3.63. The van der Waals surface area contributed by atoms with Crippen molar-refractivity contribution in [1.82, 2.24) is 0 Å². The van der Waals surface area contributed by atoms with Gasteiger partial charge >= 0.3 is 7.69 Å². The molecule has 0 aromatic heterocycles. The van der Waals surface area contributed by atoms with Gasteiger partial charge in [0, 0.05) is 17.1 Å². The van der Waals surface area contributed by atoms with E-state index in [0.717, 1.165) is 32.3 Å². The van der Waals surface area contributed by atoms with E-state index in [1.165, 1.54) is 0 Å². The highest BCUT2D eigenvalue weighted by molar-refractivity contribution is 9.10. The molecule has 0 aliphatic heterocycles. The summed E-state index contributed by atoms with van der Waals surface area (Å²) in [6.07, 6.45) is 0. The van der Waals surface area contributed by atoms with Gasteiger partial charge in [-0.3, -0.25) is 0 Å². The van der Waals surface area contributed by atoms with Crippen LogP contribution in [-0.2, 0) is 0 Å². The van der Waals surface area contributed by atoms with E-state index >= 15 is 0 Å². The maximum absolute atomic E-state index is 9.04. The summed E-state index contributed by atoms with van der Waals surface area (Å²) in [5.74, 6) is 0.626. The Kier molecular flexibility index (Phi) is 5.14. The molecule has 0 atom stereocenters. The fourth-order valence-electron chi connectivity index (χ4n) is 3.16. The zero-order valence-corrected chi connectivity index (χ0v) is 16.1. The molecular weight excluding hydrogens is 401 g/mol. The normalized spacial score (nSPS) is 10.6. The predicted molar refractivity (Wildman–Crippen MR) is 116 cm³/mol. The van der Waals surface area contributed by atoms with Gasteiger partial charge in [-0.15, -0.1) is 0 Å². The molecule has 0 unspecified atom stereocenters. The first kappa shape index (κ1) is 17.6. The molecule has 5 heteroatoms. The van der Waals surface area contributed by atoms with Crippen LogP contribution in [0.5, 0.6) is 5.75 Å². The van der Waals surface area contributed by atoms with Crippen LogP contribution in [0.2, 0.25) is 0 Å². The topological polar surface area (TPSA) is 32.7 Å². The quantitative estimate of drug-likeness (QED) is 0.422. The Morgan fingerprint density at radius 3 is 1.93 bits per heavy atom. The molecule has 0 spiro atoms. The molecule has 4 aromatic rings. The molecule has 1 N–H and O–H groups in total. The minimum Gasteiger partial charge on any atom is -0.538 e. The Hall–Kier alpha value is -2.76. The Labute approximate surface area is 167 Å². The number of nitrogens with zero attached hydrogens (tertiary/aromatic N) is 1. The summed E-state index contributed by atoms with van der Waals surface area (Å²) in [6, 6.07) is 30.9. The van der Waals surface area contributed by atoms with E-state index in [2.05, 4.69) is 63.3 Å². The van der Waals surface area contributed by atoms with Crippen LogP contribution in [0.3, 0.4) is 0 Å². The third kappa shape index (κ3) is 3.70. The van der Waals surface area contributed by atoms with Crippen molar-refractivity contribution in [3.05, 3.63) is 95.5 Å². The van der Waals surface area contributed by atoms with Crippen molar-refractivity contribution in [2.75, 3.05) is 4.90 Å². The first-order valence-electron chi connectivity index (χ1n) is 8.63. The Morgan fingerprint density at radius 1 is 0.704 bits per heavy atom. The van der Waals surface area contributed by atoms with E-state index in [1.54, 1.807) is 0 Å². The maximum atomic E-state index is 9.04. The van der Waals surface area contributed by atoms with Crippen molar-refractivity contribution in [3.8, 4) is 5.75 Å². The highest BCUT2D eigenvalue weighted by Crippen LogP contribution is 2.37. The molecule has 4 rings (SSSR count). The van der Waals surface area contributed by atoms with Crippen molar-refractivity contribution in [2.24, 2.45) is 0 Å². The lowest BCUT2D eigenvalue weighted by Gasteiger charge is -2.25. The minimum atomic E-state index is -0.349. The molecular formula is C22H17BBrNO2. The van der Waals surface area contributed by atoms with Crippen molar-refractivity contribution >= 4 is 51.4 Å². The van der Waals surface area contributed by atoms with Crippen LogP contribution in [0.1, 0.15) is 0 Å². The van der Waals surface area contributed by atoms with Crippen LogP contribution >= 0.6 is 15.9 Å². The molecule has 0 saturated carbocycles. The van der Waals surface area contributed by atoms with Crippen molar-refractivity contribution in [2.45, 2.75) is 0 Å². The lowest BCUT2D eigenvalue weighted by atomic mass is 10.1. The van der Waals surface area contributed by atoms with Gasteiger partial charge in [0.15, 0.2) is 0 Å². The number of hydrogen-bond donors (Lipinski definition) is 1. The number of para-hydroxylation sites is 2. The number of hydrogen-bond acceptors (Lipinski definition) is 3. The Bertz CT molecular complexity index is 1020. The van der Waals surface area contributed by atoms with Gasteiger partial charge in [0.2, 0.25) is 0 Å². The minimum absolute atomic E-state index is 0.349. The molecule has 0 saturated heterocycles. The average molecular weight is 418 g/mol. The SMILES string of the molecule is OBOc1cc2ccc(N(c3ccccc3)c3ccccc3)cc2cc1Br. The average Bonchev–Trinajstić information content (AvgIpc) is 2.71. The third-order valence-corrected chi connectivity index (χ3v) is 5.00. The van der Waals surface area contributed by atoms with Crippen LogP contribution < -0.4 is 9.55 Å². The van der Waals surface area contributed by atoms with Gasteiger partial charge in [0.25, 0.3) is 0 Å². The molecule has 3 nitrogen and oxygen atoms in total. The molecule has 27 heavy (non-hydrogen) atoms. The van der Waals surface area contributed by atoms with E-state index in [9.17, 15) is 0 Å². The third-order valence-electron chi connectivity index (χ3n) is 4.38. The second kappa shape index (κ2) is 7.86. The zero-order chi connectivity index (χ0) is 18.6. The lowest BCUT2D eigenvalue weighted by molar-refractivity contribution is 0.452. The van der Waals surface area contributed by atoms with Gasteiger partial charge in [-0.1, -0.05) is 42.5 Å². The summed E-state index contributed by atoms with van der Waals surface area (Å²) in [5.41, 5.74) is 3.27. The van der Waals surface area contributed by atoms with Crippen LogP contribution in [0.15, 0.2) is 95.5 Å². The smallest absolute Gasteiger partial charge is 0.504 e. The fraction of sp³-hybridized carbons (Fsp3) is 0. The van der Waals surface area contributed by atoms with E-state index in [-0.39, 0.29) is 7.69 Å². The molecule has 0 amide bonds. The van der Waals surface area contributed by atoms with E-state index in [4.69, 9.17) is 9.68 Å². The first-order chi connectivity index (χ1) is 13.3. The van der Waals surface area contributed by atoms with Crippen LogP contribution in [0, 0.1) is 0 Å². The molecule has 132 valence electrons. The number of fused-ring (bicyclic) bond motifs is 1. The highest BCUT2D eigenvalue weighted by Gasteiger charge is 2.13.